The van der Waals surface area contributed by atoms with Gasteiger partial charge in [-0.15, -0.1) is 11.3 Å². The van der Waals surface area contributed by atoms with Crippen molar-refractivity contribution in [1.82, 2.24) is 15.0 Å². The maximum absolute atomic E-state index is 5.17. The first-order chi connectivity index (χ1) is 8.72. The van der Waals surface area contributed by atoms with Gasteiger partial charge in [-0.05, 0) is 13.0 Å². The Morgan fingerprint density at radius 1 is 1.28 bits per heavy atom. The highest BCUT2D eigenvalue weighted by molar-refractivity contribution is 7.09. The molecule has 0 saturated carbocycles. The molecule has 0 radical (unpaired) electrons. The minimum atomic E-state index is -0.455. The van der Waals surface area contributed by atoms with Gasteiger partial charge in [0.25, 0.3) is 0 Å². The van der Waals surface area contributed by atoms with E-state index < -0.39 is 6.29 Å². The van der Waals surface area contributed by atoms with Crippen molar-refractivity contribution in [1.29, 1.82) is 0 Å². The maximum Gasteiger partial charge on any atom is 0.200 e. The zero-order chi connectivity index (χ0) is 13.0. The van der Waals surface area contributed by atoms with Crippen molar-refractivity contribution in [3.05, 3.63) is 39.9 Å². The van der Waals surface area contributed by atoms with Crippen LogP contribution < -0.4 is 0 Å². The van der Waals surface area contributed by atoms with Gasteiger partial charge in [0.05, 0.1) is 22.8 Å². The second kappa shape index (κ2) is 5.99. The van der Waals surface area contributed by atoms with Crippen molar-refractivity contribution in [3.8, 4) is 0 Å². The fourth-order valence-corrected chi connectivity index (χ4v) is 2.23. The molecular formula is C12H15N3O2S. The normalized spacial score (nSPS) is 11.1. The number of nitrogens with zero attached hydrogens (tertiary/aromatic N) is 3. The van der Waals surface area contributed by atoms with Crippen LogP contribution in [0.5, 0.6) is 0 Å². The van der Waals surface area contributed by atoms with E-state index >= 15 is 0 Å². The summed E-state index contributed by atoms with van der Waals surface area (Å²) in [6, 6.07) is 1.79. The predicted octanol–water partition coefficient (Wildman–Crippen LogP) is 2.12. The molecule has 0 N–H and O–H groups in total. The summed E-state index contributed by atoms with van der Waals surface area (Å²) in [7, 11) is 3.17. The lowest BCUT2D eigenvalue weighted by Gasteiger charge is -2.12. The summed E-state index contributed by atoms with van der Waals surface area (Å²) >= 11 is 1.63. The van der Waals surface area contributed by atoms with E-state index in [2.05, 4.69) is 15.0 Å². The molecular weight excluding hydrogens is 250 g/mol. The van der Waals surface area contributed by atoms with Crippen LogP contribution in [-0.2, 0) is 15.9 Å². The van der Waals surface area contributed by atoms with Gasteiger partial charge in [0, 0.05) is 25.8 Å². The summed E-state index contributed by atoms with van der Waals surface area (Å²) in [5.41, 5.74) is 1.71. The molecule has 0 unspecified atom stereocenters. The Bertz CT molecular complexity index is 512. The van der Waals surface area contributed by atoms with Gasteiger partial charge in [0.15, 0.2) is 0 Å². The van der Waals surface area contributed by atoms with Crippen LogP contribution in [0.15, 0.2) is 17.6 Å². The molecule has 2 aromatic rings. The third-order valence-electron chi connectivity index (χ3n) is 2.40. The van der Waals surface area contributed by atoms with E-state index in [4.69, 9.17) is 9.47 Å². The number of methoxy groups -OCH3 is 2. The molecule has 0 amide bonds. The Hall–Kier alpha value is -1.37. The molecule has 2 heterocycles. The van der Waals surface area contributed by atoms with Crippen LogP contribution in [0.3, 0.4) is 0 Å². The highest BCUT2D eigenvalue weighted by atomic mass is 32.1. The number of aromatic nitrogens is 3. The molecule has 0 saturated heterocycles. The van der Waals surface area contributed by atoms with E-state index in [1.165, 1.54) is 0 Å². The predicted molar refractivity (Wildman–Crippen MR) is 68.4 cm³/mol. The topological polar surface area (TPSA) is 57.1 Å². The average molecular weight is 265 g/mol. The SMILES string of the molecule is COC(OC)c1ccnc(Cc2csc(C)n2)n1. The Morgan fingerprint density at radius 2 is 2.06 bits per heavy atom. The first-order valence-corrected chi connectivity index (χ1v) is 6.39. The van der Waals surface area contributed by atoms with E-state index in [0.717, 1.165) is 22.2 Å². The Kier molecular flexibility index (Phi) is 4.35. The number of aryl methyl sites for hydroxylation is 1. The van der Waals surface area contributed by atoms with E-state index in [9.17, 15) is 0 Å². The lowest BCUT2D eigenvalue weighted by molar-refractivity contribution is -0.108. The van der Waals surface area contributed by atoms with Gasteiger partial charge in [0.1, 0.15) is 5.82 Å². The number of hydrogen-bond donors (Lipinski definition) is 0. The molecule has 96 valence electrons. The molecule has 0 aliphatic heterocycles. The summed E-state index contributed by atoms with van der Waals surface area (Å²) in [5, 5.41) is 3.07. The summed E-state index contributed by atoms with van der Waals surface area (Å²) in [6.07, 6.45) is 1.88. The van der Waals surface area contributed by atoms with Gasteiger partial charge >= 0.3 is 0 Å². The molecule has 2 rings (SSSR count). The monoisotopic (exact) mass is 265 g/mol. The minimum absolute atomic E-state index is 0.455. The quantitative estimate of drug-likeness (QED) is 0.775. The molecule has 18 heavy (non-hydrogen) atoms. The Morgan fingerprint density at radius 3 is 2.67 bits per heavy atom. The van der Waals surface area contributed by atoms with Crippen molar-refractivity contribution >= 4 is 11.3 Å². The fourth-order valence-electron chi connectivity index (χ4n) is 1.62. The lowest BCUT2D eigenvalue weighted by Crippen LogP contribution is -2.08. The van der Waals surface area contributed by atoms with E-state index in [-0.39, 0.29) is 0 Å². The largest absolute Gasteiger partial charge is 0.350 e. The standard InChI is InChI=1S/C12H15N3O2S/c1-8-14-9(7-18-8)6-11-13-5-4-10(15-11)12(16-2)17-3/h4-5,7,12H,6H2,1-3H3. The Balaban J connectivity index is 2.16. The minimum Gasteiger partial charge on any atom is -0.350 e. The second-order valence-corrected chi connectivity index (χ2v) is 4.80. The van der Waals surface area contributed by atoms with Gasteiger partial charge in [-0.1, -0.05) is 0 Å². The van der Waals surface area contributed by atoms with E-state index in [1.54, 1.807) is 37.8 Å². The summed E-state index contributed by atoms with van der Waals surface area (Å²) in [4.78, 5) is 13.1. The molecule has 5 nitrogen and oxygen atoms in total. The smallest absolute Gasteiger partial charge is 0.200 e. The van der Waals surface area contributed by atoms with Crippen LogP contribution in [0.25, 0.3) is 0 Å². The third-order valence-corrected chi connectivity index (χ3v) is 3.22. The molecule has 0 fully saturated rings. The molecule has 2 aromatic heterocycles. The Labute approximate surface area is 110 Å². The van der Waals surface area contributed by atoms with Gasteiger partial charge in [0.2, 0.25) is 6.29 Å². The van der Waals surface area contributed by atoms with Crippen molar-refractivity contribution < 1.29 is 9.47 Å². The fraction of sp³-hybridized carbons (Fsp3) is 0.417. The van der Waals surface area contributed by atoms with Crippen LogP contribution in [0.4, 0.5) is 0 Å². The number of ether oxygens (including phenoxy) is 2. The molecule has 0 aromatic carbocycles. The highest BCUT2D eigenvalue weighted by Crippen LogP contribution is 2.16. The number of thiazole rings is 1. The van der Waals surface area contributed by atoms with Crippen LogP contribution in [-0.4, -0.2) is 29.2 Å². The molecule has 0 bridgehead atoms. The van der Waals surface area contributed by atoms with Crippen LogP contribution in [0.2, 0.25) is 0 Å². The number of rotatable bonds is 5. The second-order valence-electron chi connectivity index (χ2n) is 3.74. The van der Waals surface area contributed by atoms with E-state index in [1.807, 2.05) is 12.3 Å². The molecule has 6 heteroatoms. The summed E-state index contributed by atoms with van der Waals surface area (Å²) in [5.74, 6) is 0.719. The lowest BCUT2D eigenvalue weighted by atomic mass is 10.3. The zero-order valence-electron chi connectivity index (χ0n) is 10.6. The average Bonchev–Trinajstić information content (AvgIpc) is 2.77. The van der Waals surface area contributed by atoms with Crippen molar-refractivity contribution in [3.63, 3.8) is 0 Å². The highest BCUT2D eigenvalue weighted by Gasteiger charge is 2.12. The van der Waals surface area contributed by atoms with Crippen LogP contribution >= 0.6 is 11.3 Å². The van der Waals surface area contributed by atoms with Crippen molar-refractivity contribution in [2.45, 2.75) is 19.6 Å². The molecule has 0 aliphatic carbocycles. The molecule has 0 aliphatic rings. The van der Waals surface area contributed by atoms with Crippen LogP contribution in [0, 0.1) is 6.92 Å². The van der Waals surface area contributed by atoms with Crippen molar-refractivity contribution in [2.75, 3.05) is 14.2 Å². The molecule has 0 spiro atoms. The maximum atomic E-state index is 5.17. The van der Waals surface area contributed by atoms with Crippen molar-refractivity contribution in [2.24, 2.45) is 0 Å². The summed E-state index contributed by atoms with van der Waals surface area (Å²) < 4.78 is 10.3. The van der Waals surface area contributed by atoms with Crippen LogP contribution in [0.1, 0.15) is 28.5 Å². The zero-order valence-corrected chi connectivity index (χ0v) is 11.4. The van der Waals surface area contributed by atoms with Gasteiger partial charge in [-0.3, -0.25) is 0 Å². The van der Waals surface area contributed by atoms with E-state index in [0.29, 0.717) is 6.42 Å². The first-order valence-electron chi connectivity index (χ1n) is 5.51. The third kappa shape index (κ3) is 3.10. The number of hydrogen-bond acceptors (Lipinski definition) is 6. The van der Waals surface area contributed by atoms with Gasteiger partial charge < -0.3 is 9.47 Å². The first kappa shape index (κ1) is 13.1. The molecule has 0 atom stereocenters. The van der Waals surface area contributed by atoms with Gasteiger partial charge in [-0.2, -0.15) is 0 Å². The van der Waals surface area contributed by atoms with Gasteiger partial charge in [-0.25, -0.2) is 15.0 Å². The summed E-state index contributed by atoms with van der Waals surface area (Å²) in [6.45, 7) is 1.98.